The quantitative estimate of drug-likeness (QED) is 0.594. The first-order chi connectivity index (χ1) is 14.3. The average molecular weight is 431 g/mol. The summed E-state index contributed by atoms with van der Waals surface area (Å²) in [5.74, 6) is 0.397. The largest absolute Gasteiger partial charge is 0.352 e. The molecule has 162 valence electrons. The summed E-state index contributed by atoms with van der Waals surface area (Å²) < 4.78 is 13.3. The predicted octanol–water partition coefficient (Wildman–Crippen LogP) is 4.70. The molecule has 0 aliphatic rings. The highest BCUT2D eigenvalue weighted by Gasteiger charge is 2.26. The van der Waals surface area contributed by atoms with E-state index in [1.807, 2.05) is 26.0 Å². The summed E-state index contributed by atoms with van der Waals surface area (Å²) >= 11 is 1.53. The van der Waals surface area contributed by atoms with Gasteiger partial charge in [0.1, 0.15) is 11.9 Å². The third-order valence-electron chi connectivity index (χ3n) is 5.18. The van der Waals surface area contributed by atoms with Gasteiger partial charge in [-0.1, -0.05) is 43.3 Å². The number of aryl methyl sites for hydroxylation is 1. The lowest BCUT2D eigenvalue weighted by molar-refractivity contribution is -0.138. The van der Waals surface area contributed by atoms with Crippen molar-refractivity contribution in [3.63, 3.8) is 0 Å². The van der Waals surface area contributed by atoms with Crippen molar-refractivity contribution in [1.29, 1.82) is 0 Å². The number of amides is 2. The average Bonchev–Trinajstić information content (AvgIpc) is 2.73. The molecule has 0 heterocycles. The fourth-order valence-corrected chi connectivity index (χ4v) is 3.92. The van der Waals surface area contributed by atoms with Crippen LogP contribution in [0, 0.1) is 12.7 Å². The molecule has 0 unspecified atom stereocenters. The van der Waals surface area contributed by atoms with Crippen molar-refractivity contribution in [1.82, 2.24) is 10.2 Å². The van der Waals surface area contributed by atoms with Gasteiger partial charge in [0, 0.05) is 18.3 Å². The Kier molecular flexibility index (Phi) is 9.37. The number of carbonyl (C=O) groups excluding carboxylic acids is 2. The first-order valence-corrected chi connectivity index (χ1v) is 11.4. The molecule has 2 aromatic rings. The molecule has 0 aliphatic carbocycles. The van der Waals surface area contributed by atoms with Gasteiger partial charge in [0.05, 0.1) is 5.75 Å². The number of benzene rings is 2. The molecule has 2 atom stereocenters. The molecule has 6 heteroatoms. The SMILES string of the molecule is CC[C@H](C)NC(=O)[C@@H](C)N(Cc1ccc(F)cc1)C(=O)CSCc1ccccc1C. The van der Waals surface area contributed by atoms with Crippen molar-refractivity contribution in [2.75, 3.05) is 5.75 Å². The van der Waals surface area contributed by atoms with Crippen LogP contribution >= 0.6 is 11.8 Å². The second kappa shape index (κ2) is 11.7. The highest BCUT2D eigenvalue weighted by Crippen LogP contribution is 2.18. The molecule has 4 nitrogen and oxygen atoms in total. The molecule has 1 N–H and O–H groups in total. The Bertz CT molecular complexity index is 841. The number of hydrogen-bond donors (Lipinski definition) is 1. The number of carbonyl (C=O) groups is 2. The van der Waals surface area contributed by atoms with E-state index in [1.165, 1.54) is 35.0 Å². The van der Waals surface area contributed by atoms with Gasteiger partial charge in [-0.2, -0.15) is 0 Å². The van der Waals surface area contributed by atoms with Gasteiger partial charge >= 0.3 is 0 Å². The first-order valence-electron chi connectivity index (χ1n) is 10.3. The van der Waals surface area contributed by atoms with Crippen molar-refractivity contribution in [2.45, 2.75) is 58.5 Å². The Morgan fingerprint density at radius 3 is 2.40 bits per heavy atom. The van der Waals surface area contributed by atoms with Gasteiger partial charge in [-0.05, 0) is 56.0 Å². The van der Waals surface area contributed by atoms with Gasteiger partial charge in [-0.3, -0.25) is 9.59 Å². The van der Waals surface area contributed by atoms with E-state index in [9.17, 15) is 14.0 Å². The maximum absolute atomic E-state index is 13.3. The Labute approximate surface area is 183 Å². The Hall–Kier alpha value is -2.34. The molecule has 2 amide bonds. The Morgan fingerprint density at radius 1 is 1.10 bits per heavy atom. The minimum atomic E-state index is -0.615. The number of hydrogen-bond acceptors (Lipinski definition) is 3. The van der Waals surface area contributed by atoms with Crippen molar-refractivity contribution >= 4 is 23.6 Å². The summed E-state index contributed by atoms with van der Waals surface area (Å²) in [4.78, 5) is 27.3. The van der Waals surface area contributed by atoms with Crippen LogP contribution in [0.3, 0.4) is 0 Å². The second-order valence-corrected chi connectivity index (χ2v) is 8.55. The summed E-state index contributed by atoms with van der Waals surface area (Å²) in [5.41, 5.74) is 3.18. The van der Waals surface area contributed by atoms with Crippen LogP contribution in [0.1, 0.15) is 43.9 Å². The fourth-order valence-electron chi connectivity index (χ4n) is 2.94. The van der Waals surface area contributed by atoms with E-state index in [0.717, 1.165) is 17.7 Å². The summed E-state index contributed by atoms with van der Waals surface area (Å²) in [6, 6.07) is 13.6. The molecule has 0 aromatic heterocycles. The van der Waals surface area contributed by atoms with Gasteiger partial charge < -0.3 is 10.2 Å². The van der Waals surface area contributed by atoms with Gasteiger partial charge in [0.25, 0.3) is 0 Å². The number of thioether (sulfide) groups is 1. The van der Waals surface area contributed by atoms with Crippen LogP contribution in [-0.4, -0.2) is 34.6 Å². The fraction of sp³-hybridized carbons (Fsp3) is 0.417. The molecule has 2 aromatic carbocycles. The van der Waals surface area contributed by atoms with Crippen molar-refractivity contribution < 1.29 is 14.0 Å². The van der Waals surface area contributed by atoms with Gasteiger partial charge in [-0.15, -0.1) is 11.8 Å². The Morgan fingerprint density at radius 2 is 1.77 bits per heavy atom. The molecule has 0 radical (unpaired) electrons. The molecule has 0 fully saturated rings. The lowest BCUT2D eigenvalue weighted by Crippen LogP contribution is -2.50. The molecular formula is C24H31FN2O2S. The van der Waals surface area contributed by atoms with E-state index in [2.05, 4.69) is 24.4 Å². The van der Waals surface area contributed by atoms with Crippen molar-refractivity contribution in [3.8, 4) is 0 Å². The lowest BCUT2D eigenvalue weighted by atomic mass is 10.1. The highest BCUT2D eigenvalue weighted by molar-refractivity contribution is 7.99. The molecule has 0 saturated carbocycles. The minimum absolute atomic E-state index is 0.0400. The zero-order chi connectivity index (χ0) is 22.1. The molecule has 0 bridgehead atoms. The Balaban J connectivity index is 2.08. The first kappa shape index (κ1) is 23.9. The number of rotatable bonds is 10. The molecule has 0 spiro atoms. The molecular weight excluding hydrogens is 399 g/mol. The smallest absolute Gasteiger partial charge is 0.242 e. The number of nitrogens with zero attached hydrogens (tertiary/aromatic N) is 1. The van der Waals surface area contributed by atoms with Crippen molar-refractivity contribution in [3.05, 3.63) is 71.0 Å². The summed E-state index contributed by atoms with van der Waals surface area (Å²) in [7, 11) is 0. The molecule has 0 aliphatic heterocycles. The van der Waals surface area contributed by atoms with E-state index < -0.39 is 6.04 Å². The molecule has 0 saturated heterocycles. The second-order valence-electron chi connectivity index (χ2n) is 7.56. The van der Waals surface area contributed by atoms with Crippen LogP contribution in [0.2, 0.25) is 0 Å². The van der Waals surface area contributed by atoms with Crippen LogP contribution in [0.25, 0.3) is 0 Å². The van der Waals surface area contributed by atoms with E-state index in [-0.39, 0.29) is 36.0 Å². The third kappa shape index (κ3) is 7.17. The highest BCUT2D eigenvalue weighted by atomic mass is 32.2. The standard InChI is InChI=1S/C24H31FN2O2S/c1-5-18(3)26-24(29)19(4)27(14-20-10-12-22(25)13-11-20)23(28)16-30-15-21-9-7-6-8-17(21)2/h6-13,18-19H,5,14-16H2,1-4H3,(H,26,29)/t18-,19+/m0/s1. The van der Waals surface area contributed by atoms with Crippen LogP contribution in [0.5, 0.6) is 0 Å². The maximum Gasteiger partial charge on any atom is 0.242 e. The maximum atomic E-state index is 13.3. The van der Waals surface area contributed by atoms with Gasteiger partial charge in [-0.25, -0.2) is 4.39 Å². The van der Waals surface area contributed by atoms with E-state index in [1.54, 1.807) is 24.0 Å². The van der Waals surface area contributed by atoms with Crippen LogP contribution in [0.4, 0.5) is 4.39 Å². The van der Waals surface area contributed by atoms with Crippen LogP contribution in [0.15, 0.2) is 48.5 Å². The van der Waals surface area contributed by atoms with Gasteiger partial charge in [0.2, 0.25) is 11.8 Å². The third-order valence-corrected chi connectivity index (χ3v) is 6.15. The number of nitrogens with one attached hydrogen (secondary N) is 1. The predicted molar refractivity (Wildman–Crippen MR) is 122 cm³/mol. The topological polar surface area (TPSA) is 49.4 Å². The summed E-state index contributed by atoms with van der Waals surface area (Å²) in [6.07, 6.45) is 0.816. The normalized spacial score (nSPS) is 12.8. The van der Waals surface area contributed by atoms with E-state index in [0.29, 0.717) is 0 Å². The molecule has 30 heavy (non-hydrogen) atoms. The van der Waals surface area contributed by atoms with Gasteiger partial charge in [0.15, 0.2) is 0 Å². The molecule has 2 rings (SSSR count). The minimum Gasteiger partial charge on any atom is -0.352 e. The van der Waals surface area contributed by atoms with E-state index >= 15 is 0 Å². The summed E-state index contributed by atoms with van der Waals surface area (Å²) in [5, 5.41) is 2.95. The lowest BCUT2D eigenvalue weighted by Gasteiger charge is -2.29. The van der Waals surface area contributed by atoms with Crippen LogP contribution < -0.4 is 5.32 Å². The monoisotopic (exact) mass is 430 g/mol. The van der Waals surface area contributed by atoms with E-state index in [4.69, 9.17) is 0 Å². The van der Waals surface area contributed by atoms with Crippen LogP contribution in [-0.2, 0) is 21.9 Å². The summed E-state index contributed by atoms with van der Waals surface area (Å²) in [6.45, 7) is 8.00. The zero-order valence-electron chi connectivity index (χ0n) is 18.2. The van der Waals surface area contributed by atoms with Crippen molar-refractivity contribution in [2.24, 2.45) is 0 Å². The number of halogens is 1. The zero-order valence-corrected chi connectivity index (χ0v) is 19.0.